The first-order valence-electron chi connectivity index (χ1n) is 6.31. The summed E-state index contributed by atoms with van der Waals surface area (Å²) in [4.78, 5) is 17.0. The highest BCUT2D eigenvalue weighted by Crippen LogP contribution is 2.40. The molecule has 5 heteroatoms. The molecule has 1 heterocycles. The van der Waals surface area contributed by atoms with Crippen LogP contribution in [-0.4, -0.2) is 18.0 Å². The molecule has 0 bridgehead atoms. The van der Waals surface area contributed by atoms with Crippen LogP contribution in [-0.2, 0) is 17.6 Å². The van der Waals surface area contributed by atoms with E-state index in [-0.39, 0.29) is 5.91 Å². The number of carbonyl (C=O) groups excluding carboxylic acids is 1. The van der Waals surface area contributed by atoms with Crippen LogP contribution < -0.4 is 10.1 Å². The van der Waals surface area contributed by atoms with E-state index in [2.05, 4.69) is 22.9 Å². The van der Waals surface area contributed by atoms with Crippen molar-refractivity contribution in [3.05, 3.63) is 42.1 Å². The zero-order valence-electron chi connectivity index (χ0n) is 11.1. The molecule has 1 N–H and O–H groups in total. The summed E-state index contributed by atoms with van der Waals surface area (Å²) in [7, 11) is 1.66. The Morgan fingerprint density at radius 1 is 1.50 bits per heavy atom. The number of rotatable bonds is 3. The van der Waals surface area contributed by atoms with Gasteiger partial charge in [0.25, 0.3) is 0 Å². The molecule has 1 amide bonds. The van der Waals surface area contributed by atoms with Crippen LogP contribution in [0.4, 0.5) is 5.13 Å². The van der Waals surface area contributed by atoms with Crippen LogP contribution in [0, 0.1) is 0 Å². The summed E-state index contributed by atoms with van der Waals surface area (Å²) in [6.07, 6.45) is 3.11. The second kappa shape index (κ2) is 5.09. The van der Waals surface area contributed by atoms with Crippen LogP contribution in [0.5, 0.6) is 5.75 Å². The highest BCUT2D eigenvalue weighted by Gasteiger charge is 2.21. The van der Waals surface area contributed by atoms with Gasteiger partial charge in [0.2, 0.25) is 5.91 Å². The minimum atomic E-state index is -0.234. The molecule has 102 valence electrons. The smallest absolute Gasteiger partial charge is 0.249 e. The minimum Gasteiger partial charge on any atom is -0.497 e. The quantitative estimate of drug-likeness (QED) is 0.882. The number of aromatic nitrogens is 1. The zero-order chi connectivity index (χ0) is 14.1. The first kappa shape index (κ1) is 12.9. The van der Waals surface area contributed by atoms with Gasteiger partial charge in [-0.15, -0.1) is 0 Å². The van der Waals surface area contributed by atoms with Gasteiger partial charge in [-0.2, -0.15) is 0 Å². The topological polar surface area (TPSA) is 51.2 Å². The molecular weight excluding hydrogens is 272 g/mol. The Labute approximate surface area is 121 Å². The molecule has 3 rings (SSSR count). The Bertz CT molecular complexity index is 691. The largest absolute Gasteiger partial charge is 0.497 e. The van der Waals surface area contributed by atoms with E-state index in [0.29, 0.717) is 5.13 Å². The second-order valence-electron chi connectivity index (χ2n) is 4.51. The van der Waals surface area contributed by atoms with E-state index >= 15 is 0 Å². The van der Waals surface area contributed by atoms with Crippen molar-refractivity contribution in [1.29, 1.82) is 0 Å². The number of benzene rings is 1. The van der Waals surface area contributed by atoms with Gasteiger partial charge >= 0.3 is 0 Å². The molecule has 2 aromatic rings. The maximum Gasteiger partial charge on any atom is 0.249 e. The van der Waals surface area contributed by atoms with Crippen molar-refractivity contribution >= 4 is 22.4 Å². The summed E-state index contributed by atoms with van der Waals surface area (Å²) in [6.45, 7) is 3.45. The van der Waals surface area contributed by atoms with Crippen LogP contribution in [0.2, 0.25) is 0 Å². The van der Waals surface area contributed by atoms with E-state index in [0.717, 1.165) is 34.7 Å². The number of amides is 1. The summed E-state index contributed by atoms with van der Waals surface area (Å²) < 4.78 is 5.29. The van der Waals surface area contributed by atoms with E-state index in [1.807, 2.05) is 12.1 Å². The number of thiazole rings is 1. The SMILES string of the molecule is C=CC(=O)Nc1nc2c(s1)-c1cc(OC)ccc1CC2. The molecule has 1 aromatic heterocycles. The third-order valence-electron chi connectivity index (χ3n) is 3.31. The number of fused-ring (bicyclic) bond motifs is 3. The van der Waals surface area contributed by atoms with Crippen molar-refractivity contribution in [3.63, 3.8) is 0 Å². The fraction of sp³-hybridized carbons (Fsp3) is 0.200. The van der Waals surface area contributed by atoms with Crippen LogP contribution in [0.15, 0.2) is 30.9 Å². The molecule has 0 saturated heterocycles. The van der Waals surface area contributed by atoms with Crippen LogP contribution in [0.1, 0.15) is 11.3 Å². The Balaban J connectivity index is 2.02. The molecule has 0 spiro atoms. The monoisotopic (exact) mass is 286 g/mol. The number of nitrogens with one attached hydrogen (secondary N) is 1. The normalized spacial score (nSPS) is 12.2. The summed E-state index contributed by atoms with van der Waals surface area (Å²) in [6, 6.07) is 6.11. The summed E-state index contributed by atoms with van der Waals surface area (Å²) >= 11 is 1.49. The summed E-state index contributed by atoms with van der Waals surface area (Å²) in [5, 5.41) is 3.35. The van der Waals surface area contributed by atoms with Gasteiger partial charge in [-0.3, -0.25) is 10.1 Å². The molecule has 0 saturated carbocycles. The molecule has 1 aliphatic carbocycles. The number of aryl methyl sites for hydroxylation is 2. The molecular formula is C15H14N2O2S. The van der Waals surface area contributed by atoms with Crippen molar-refractivity contribution in [3.8, 4) is 16.2 Å². The Hall–Kier alpha value is -2.14. The predicted octanol–water partition coefficient (Wildman–Crippen LogP) is 3.04. The molecule has 0 unspecified atom stereocenters. The number of hydrogen-bond acceptors (Lipinski definition) is 4. The van der Waals surface area contributed by atoms with Gasteiger partial charge < -0.3 is 4.74 Å². The van der Waals surface area contributed by atoms with E-state index in [9.17, 15) is 4.79 Å². The second-order valence-corrected chi connectivity index (χ2v) is 5.51. The van der Waals surface area contributed by atoms with Crippen molar-refractivity contribution in [2.45, 2.75) is 12.8 Å². The van der Waals surface area contributed by atoms with Gasteiger partial charge in [0.1, 0.15) is 5.75 Å². The van der Waals surface area contributed by atoms with Gasteiger partial charge in [0.05, 0.1) is 17.7 Å². The van der Waals surface area contributed by atoms with Crippen molar-refractivity contribution in [2.75, 3.05) is 12.4 Å². The summed E-state index contributed by atoms with van der Waals surface area (Å²) in [5.41, 5.74) is 3.49. The Morgan fingerprint density at radius 2 is 2.35 bits per heavy atom. The van der Waals surface area contributed by atoms with Gasteiger partial charge in [-0.05, 0) is 36.6 Å². The number of nitrogens with zero attached hydrogens (tertiary/aromatic N) is 1. The summed E-state index contributed by atoms with van der Waals surface area (Å²) in [5.74, 6) is 0.601. The van der Waals surface area contributed by atoms with Crippen molar-refractivity contribution in [1.82, 2.24) is 4.98 Å². The highest BCUT2D eigenvalue weighted by molar-refractivity contribution is 7.19. The fourth-order valence-electron chi connectivity index (χ4n) is 2.31. The highest BCUT2D eigenvalue weighted by atomic mass is 32.1. The molecule has 1 aromatic carbocycles. The van der Waals surface area contributed by atoms with E-state index < -0.39 is 0 Å². The zero-order valence-corrected chi connectivity index (χ0v) is 11.9. The number of anilines is 1. The Kier molecular flexibility index (Phi) is 3.28. The first-order chi connectivity index (χ1) is 9.71. The molecule has 0 atom stereocenters. The lowest BCUT2D eigenvalue weighted by Crippen LogP contribution is -2.07. The van der Waals surface area contributed by atoms with E-state index in [1.165, 1.54) is 23.0 Å². The fourth-order valence-corrected chi connectivity index (χ4v) is 3.37. The lowest BCUT2D eigenvalue weighted by atomic mass is 9.94. The minimum absolute atomic E-state index is 0.234. The first-order valence-corrected chi connectivity index (χ1v) is 7.13. The third-order valence-corrected chi connectivity index (χ3v) is 4.35. The van der Waals surface area contributed by atoms with Crippen molar-refractivity contribution < 1.29 is 9.53 Å². The lowest BCUT2D eigenvalue weighted by molar-refractivity contribution is -0.111. The molecule has 4 nitrogen and oxygen atoms in total. The average Bonchev–Trinajstić information content (AvgIpc) is 2.89. The van der Waals surface area contributed by atoms with Gasteiger partial charge in [-0.1, -0.05) is 24.0 Å². The predicted molar refractivity (Wildman–Crippen MR) is 80.3 cm³/mol. The maximum atomic E-state index is 11.4. The third kappa shape index (κ3) is 2.20. The van der Waals surface area contributed by atoms with Gasteiger partial charge in [0.15, 0.2) is 5.13 Å². The average molecular weight is 286 g/mol. The molecule has 20 heavy (non-hydrogen) atoms. The van der Waals surface area contributed by atoms with E-state index in [4.69, 9.17) is 4.74 Å². The van der Waals surface area contributed by atoms with Crippen LogP contribution in [0.25, 0.3) is 10.4 Å². The number of methoxy groups -OCH3 is 1. The Morgan fingerprint density at radius 3 is 3.10 bits per heavy atom. The molecule has 0 radical (unpaired) electrons. The number of hydrogen-bond donors (Lipinski definition) is 1. The van der Waals surface area contributed by atoms with Gasteiger partial charge in [0, 0.05) is 5.56 Å². The molecule has 0 fully saturated rings. The molecule has 0 aliphatic heterocycles. The standard InChI is InChI=1S/C15H14N2O2S/c1-3-13(18)17-15-16-12-7-5-9-4-6-10(19-2)8-11(9)14(12)20-15/h3-4,6,8H,1,5,7H2,2H3,(H,16,17,18). The van der Waals surface area contributed by atoms with E-state index in [1.54, 1.807) is 7.11 Å². The number of carbonyl (C=O) groups is 1. The van der Waals surface area contributed by atoms with Crippen molar-refractivity contribution in [2.24, 2.45) is 0 Å². The number of ether oxygens (including phenoxy) is 1. The van der Waals surface area contributed by atoms with Crippen LogP contribution in [0.3, 0.4) is 0 Å². The van der Waals surface area contributed by atoms with Crippen LogP contribution >= 0.6 is 11.3 Å². The maximum absolute atomic E-state index is 11.4. The molecule has 1 aliphatic rings. The van der Waals surface area contributed by atoms with Gasteiger partial charge in [-0.25, -0.2) is 4.98 Å². The lowest BCUT2D eigenvalue weighted by Gasteiger charge is -2.15.